The number of nitrogens with one attached hydrogen (secondary N) is 1. The van der Waals surface area contributed by atoms with Crippen LogP contribution in [0.3, 0.4) is 0 Å². The number of methoxy groups -OCH3 is 1. The predicted molar refractivity (Wildman–Crippen MR) is 76.8 cm³/mol. The summed E-state index contributed by atoms with van der Waals surface area (Å²) >= 11 is 0. The Bertz CT molecular complexity index is 386. The standard InChI is InChI=1S/C15H24N2O/c1-5-9-16-11-13(12(2)3)10-14-7-6-8-15(17-14)18-4/h6-8,10,12,16H,5,9,11H2,1-4H3/b13-10-. The SMILES string of the molecule is CCCNC/C(=C/c1cccc(OC)n1)C(C)C. The van der Waals surface area contributed by atoms with Gasteiger partial charge in [0.2, 0.25) is 5.88 Å². The Balaban J connectivity index is 2.79. The van der Waals surface area contributed by atoms with E-state index in [1.165, 1.54) is 5.57 Å². The second-order valence-corrected chi connectivity index (χ2v) is 4.66. The molecule has 0 radical (unpaired) electrons. The molecule has 0 bridgehead atoms. The Morgan fingerprint density at radius 2 is 2.22 bits per heavy atom. The molecule has 0 fully saturated rings. The molecule has 1 rings (SSSR count). The summed E-state index contributed by atoms with van der Waals surface area (Å²) in [5.74, 6) is 1.18. The summed E-state index contributed by atoms with van der Waals surface area (Å²) in [6.07, 6.45) is 3.30. The van der Waals surface area contributed by atoms with Crippen molar-refractivity contribution in [1.29, 1.82) is 0 Å². The average Bonchev–Trinajstić information content (AvgIpc) is 2.38. The lowest BCUT2D eigenvalue weighted by atomic mass is 10.0. The molecule has 3 nitrogen and oxygen atoms in total. The maximum atomic E-state index is 5.14. The molecular formula is C15H24N2O. The molecule has 0 aliphatic carbocycles. The normalized spacial score (nSPS) is 11.9. The lowest BCUT2D eigenvalue weighted by Crippen LogP contribution is -2.20. The predicted octanol–water partition coefficient (Wildman–Crippen LogP) is 3.13. The monoisotopic (exact) mass is 248 g/mol. The number of rotatable bonds is 7. The quantitative estimate of drug-likeness (QED) is 0.753. The van der Waals surface area contributed by atoms with Gasteiger partial charge in [-0.1, -0.05) is 32.4 Å². The summed E-state index contributed by atoms with van der Waals surface area (Å²) in [6.45, 7) is 8.56. The van der Waals surface area contributed by atoms with Gasteiger partial charge in [0, 0.05) is 12.6 Å². The van der Waals surface area contributed by atoms with Gasteiger partial charge in [0.15, 0.2) is 0 Å². The first-order chi connectivity index (χ1) is 8.67. The number of hydrogen-bond acceptors (Lipinski definition) is 3. The van der Waals surface area contributed by atoms with Crippen LogP contribution in [0.15, 0.2) is 23.8 Å². The lowest BCUT2D eigenvalue weighted by Gasteiger charge is -2.12. The van der Waals surface area contributed by atoms with E-state index in [0.717, 1.165) is 25.2 Å². The molecule has 0 aliphatic heterocycles. The molecule has 0 unspecified atom stereocenters. The van der Waals surface area contributed by atoms with Gasteiger partial charge in [-0.15, -0.1) is 0 Å². The number of hydrogen-bond donors (Lipinski definition) is 1. The van der Waals surface area contributed by atoms with Crippen LogP contribution in [0.5, 0.6) is 5.88 Å². The summed E-state index contributed by atoms with van der Waals surface area (Å²) in [5.41, 5.74) is 2.32. The van der Waals surface area contributed by atoms with E-state index < -0.39 is 0 Å². The molecule has 18 heavy (non-hydrogen) atoms. The largest absolute Gasteiger partial charge is 0.481 e. The van der Waals surface area contributed by atoms with Crippen LogP contribution in [0.25, 0.3) is 6.08 Å². The average molecular weight is 248 g/mol. The highest BCUT2D eigenvalue weighted by Gasteiger charge is 2.04. The molecule has 0 spiro atoms. The van der Waals surface area contributed by atoms with Crippen molar-refractivity contribution in [3.05, 3.63) is 29.5 Å². The molecule has 0 atom stereocenters. The third-order valence-electron chi connectivity index (χ3n) is 2.78. The first-order valence-electron chi connectivity index (χ1n) is 6.59. The van der Waals surface area contributed by atoms with Gasteiger partial charge in [0.25, 0.3) is 0 Å². The van der Waals surface area contributed by atoms with Crippen LogP contribution in [-0.4, -0.2) is 25.2 Å². The lowest BCUT2D eigenvalue weighted by molar-refractivity contribution is 0.397. The van der Waals surface area contributed by atoms with E-state index in [1.807, 2.05) is 18.2 Å². The molecule has 3 heteroatoms. The maximum Gasteiger partial charge on any atom is 0.213 e. The smallest absolute Gasteiger partial charge is 0.213 e. The Morgan fingerprint density at radius 3 is 2.83 bits per heavy atom. The van der Waals surface area contributed by atoms with Gasteiger partial charge in [-0.25, -0.2) is 4.98 Å². The number of aromatic nitrogens is 1. The zero-order chi connectivity index (χ0) is 13.4. The van der Waals surface area contributed by atoms with Crippen molar-refractivity contribution in [2.75, 3.05) is 20.2 Å². The minimum Gasteiger partial charge on any atom is -0.481 e. The van der Waals surface area contributed by atoms with Crippen LogP contribution in [0.2, 0.25) is 0 Å². The molecule has 1 heterocycles. The van der Waals surface area contributed by atoms with E-state index in [2.05, 4.69) is 37.1 Å². The Morgan fingerprint density at radius 1 is 1.44 bits per heavy atom. The third-order valence-corrected chi connectivity index (χ3v) is 2.78. The van der Waals surface area contributed by atoms with E-state index in [9.17, 15) is 0 Å². The minimum absolute atomic E-state index is 0.516. The first kappa shape index (κ1) is 14.7. The van der Waals surface area contributed by atoms with E-state index in [4.69, 9.17) is 4.74 Å². The molecule has 0 saturated heterocycles. The summed E-state index contributed by atoms with van der Waals surface area (Å²) in [5, 5.41) is 3.44. The summed E-state index contributed by atoms with van der Waals surface area (Å²) < 4.78 is 5.14. The number of nitrogens with zero attached hydrogens (tertiary/aromatic N) is 1. The van der Waals surface area contributed by atoms with Crippen LogP contribution in [-0.2, 0) is 0 Å². The van der Waals surface area contributed by atoms with Crippen LogP contribution >= 0.6 is 0 Å². The van der Waals surface area contributed by atoms with Gasteiger partial charge in [0.05, 0.1) is 12.8 Å². The molecule has 0 aromatic carbocycles. The second-order valence-electron chi connectivity index (χ2n) is 4.66. The molecular weight excluding hydrogens is 224 g/mol. The van der Waals surface area contributed by atoms with E-state index in [0.29, 0.717) is 11.8 Å². The van der Waals surface area contributed by atoms with Gasteiger partial charge in [-0.3, -0.25) is 0 Å². The topological polar surface area (TPSA) is 34.1 Å². The Labute approximate surface area is 110 Å². The molecule has 0 saturated carbocycles. The van der Waals surface area contributed by atoms with Crippen molar-refractivity contribution in [1.82, 2.24) is 10.3 Å². The highest BCUT2D eigenvalue weighted by atomic mass is 16.5. The van der Waals surface area contributed by atoms with Gasteiger partial charge in [-0.05, 0) is 31.0 Å². The summed E-state index contributed by atoms with van der Waals surface area (Å²) in [6, 6.07) is 5.83. The minimum atomic E-state index is 0.516. The fourth-order valence-corrected chi connectivity index (χ4v) is 1.65. The zero-order valence-corrected chi connectivity index (χ0v) is 11.9. The fraction of sp³-hybridized carbons (Fsp3) is 0.533. The van der Waals surface area contributed by atoms with Crippen LogP contribution in [0.1, 0.15) is 32.9 Å². The highest BCUT2D eigenvalue weighted by Crippen LogP contribution is 2.15. The van der Waals surface area contributed by atoms with Crippen molar-refractivity contribution in [2.45, 2.75) is 27.2 Å². The van der Waals surface area contributed by atoms with E-state index in [-0.39, 0.29) is 0 Å². The summed E-state index contributed by atoms with van der Waals surface area (Å²) in [7, 11) is 1.64. The van der Waals surface area contributed by atoms with E-state index >= 15 is 0 Å². The fourth-order valence-electron chi connectivity index (χ4n) is 1.65. The molecule has 1 aromatic heterocycles. The van der Waals surface area contributed by atoms with Crippen molar-refractivity contribution < 1.29 is 4.74 Å². The van der Waals surface area contributed by atoms with Gasteiger partial charge < -0.3 is 10.1 Å². The van der Waals surface area contributed by atoms with Gasteiger partial charge in [-0.2, -0.15) is 0 Å². The molecule has 1 aromatic rings. The van der Waals surface area contributed by atoms with Crippen molar-refractivity contribution >= 4 is 6.08 Å². The first-order valence-corrected chi connectivity index (χ1v) is 6.59. The molecule has 100 valence electrons. The Hall–Kier alpha value is -1.35. The van der Waals surface area contributed by atoms with Gasteiger partial charge in [0.1, 0.15) is 0 Å². The molecule has 1 N–H and O–H groups in total. The third kappa shape index (κ3) is 4.88. The van der Waals surface area contributed by atoms with Crippen molar-refractivity contribution in [3.8, 4) is 5.88 Å². The van der Waals surface area contributed by atoms with E-state index in [1.54, 1.807) is 7.11 Å². The zero-order valence-electron chi connectivity index (χ0n) is 11.9. The molecule has 0 aliphatic rings. The highest BCUT2D eigenvalue weighted by molar-refractivity contribution is 5.50. The van der Waals surface area contributed by atoms with Gasteiger partial charge >= 0.3 is 0 Å². The maximum absolute atomic E-state index is 5.14. The number of pyridine rings is 1. The second kappa shape index (κ2) is 7.88. The van der Waals surface area contributed by atoms with Crippen molar-refractivity contribution in [2.24, 2.45) is 5.92 Å². The summed E-state index contributed by atoms with van der Waals surface area (Å²) in [4.78, 5) is 4.42. The van der Waals surface area contributed by atoms with Crippen molar-refractivity contribution in [3.63, 3.8) is 0 Å². The van der Waals surface area contributed by atoms with Crippen LogP contribution in [0, 0.1) is 5.92 Å². The van der Waals surface area contributed by atoms with Crippen LogP contribution in [0.4, 0.5) is 0 Å². The number of ether oxygens (including phenoxy) is 1. The van der Waals surface area contributed by atoms with Crippen LogP contribution < -0.4 is 10.1 Å². The Kier molecular flexibility index (Phi) is 6.44. The molecule has 0 amide bonds.